The van der Waals surface area contributed by atoms with Crippen molar-refractivity contribution in [2.45, 2.75) is 46.6 Å². The predicted octanol–water partition coefficient (Wildman–Crippen LogP) is 5.38. The number of benzene rings is 2. The Bertz CT molecular complexity index is 1800. The number of thiazole rings is 1. The number of hydrogen-bond donors (Lipinski definition) is 0. The van der Waals surface area contributed by atoms with Gasteiger partial charge in [-0.15, -0.1) is 0 Å². The Morgan fingerprint density at radius 2 is 1.77 bits per heavy atom. The fraction of sp³-hybridized carbons (Fsp3) is 0.250. The van der Waals surface area contributed by atoms with Gasteiger partial charge < -0.3 is 9.15 Å². The summed E-state index contributed by atoms with van der Waals surface area (Å²) in [4.78, 5) is 43.6. The maximum atomic E-state index is 13.8. The van der Waals surface area contributed by atoms with Gasteiger partial charge in [0.15, 0.2) is 10.6 Å². The van der Waals surface area contributed by atoms with E-state index in [1.807, 2.05) is 42.5 Å². The van der Waals surface area contributed by atoms with Crippen molar-refractivity contribution in [1.82, 2.24) is 4.57 Å². The van der Waals surface area contributed by atoms with Crippen LogP contribution in [0.5, 0.6) is 0 Å². The van der Waals surface area contributed by atoms with Crippen LogP contribution in [0.3, 0.4) is 0 Å². The zero-order valence-electron chi connectivity index (χ0n) is 23.1. The summed E-state index contributed by atoms with van der Waals surface area (Å²) >= 11 is 1.25. The van der Waals surface area contributed by atoms with Crippen molar-refractivity contribution in [3.63, 3.8) is 0 Å². The molecule has 0 N–H and O–H groups in total. The lowest BCUT2D eigenvalue weighted by atomic mass is 9.93. The monoisotopic (exact) mass is 554 g/mol. The Kier molecular flexibility index (Phi) is 7.54. The van der Waals surface area contributed by atoms with E-state index in [0.29, 0.717) is 43.6 Å². The third-order valence-corrected chi connectivity index (χ3v) is 7.89. The van der Waals surface area contributed by atoms with Crippen molar-refractivity contribution < 1.29 is 18.7 Å². The lowest BCUT2D eigenvalue weighted by Crippen LogP contribution is -2.39. The fourth-order valence-electron chi connectivity index (χ4n) is 4.75. The fourth-order valence-corrected chi connectivity index (χ4v) is 5.78. The van der Waals surface area contributed by atoms with Crippen LogP contribution in [0.4, 0.5) is 0 Å². The molecule has 204 valence electrons. The van der Waals surface area contributed by atoms with Crippen molar-refractivity contribution >= 4 is 29.2 Å². The van der Waals surface area contributed by atoms with Gasteiger partial charge in [-0.2, -0.15) is 0 Å². The Morgan fingerprint density at radius 1 is 1.07 bits per heavy atom. The average molecular weight is 555 g/mol. The number of aromatic nitrogens is 1. The van der Waals surface area contributed by atoms with Gasteiger partial charge in [-0.25, -0.2) is 9.79 Å². The lowest BCUT2D eigenvalue weighted by molar-refractivity contribution is -0.139. The first-order valence-electron chi connectivity index (χ1n) is 13.2. The molecule has 2 aromatic carbocycles. The van der Waals surface area contributed by atoms with Crippen molar-refractivity contribution in [2.75, 3.05) is 6.61 Å². The van der Waals surface area contributed by atoms with E-state index >= 15 is 0 Å². The summed E-state index contributed by atoms with van der Waals surface area (Å²) in [5.41, 5.74) is 4.04. The van der Waals surface area contributed by atoms with Gasteiger partial charge in [0.05, 0.1) is 28.5 Å². The molecule has 5 rings (SSSR count). The molecular weight excluding hydrogens is 524 g/mol. The van der Waals surface area contributed by atoms with Crippen molar-refractivity contribution in [2.24, 2.45) is 4.99 Å². The van der Waals surface area contributed by atoms with Crippen LogP contribution in [0.25, 0.3) is 17.4 Å². The van der Waals surface area contributed by atoms with Gasteiger partial charge >= 0.3 is 5.97 Å². The largest absolute Gasteiger partial charge is 0.463 e. The van der Waals surface area contributed by atoms with Gasteiger partial charge in [0.25, 0.3) is 5.56 Å². The number of allylic oxidation sites excluding steroid dienone is 1. The average Bonchev–Trinajstić information content (AvgIpc) is 3.52. The van der Waals surface area contributed by atoms with Crippen LogP contribution >= 0.6 is 11.3 Å². The van der Waals surface area contributed by atoms with Crippen molar-refractivity contribution in [3.05, 3.63) is 114 Å². The number of furan rings is 1. The second-order valence-electron chi connectivity index (χ2n) is 9.96. The second-order valence-corrected chi connectivity index (χ2v) is 11.0. The first-order chi connectivity index (χ1) is 19.2. The Balaban J connectivity index is 1.59. The zero-order valence-corrected chi connectivity index (χ0v) is 23.9. The minimum Gasteiger partial charge on any atom is -0.463 e. The van der Waals surface area contributed by atoms with Crippen LogP contribution in [0, 0.1) is 0 Å². The van der Waals surface area contributed by atoms with Crippen LogP contribution in [0.2, 0.25) is 0 Å². The highest BCUT2D eigenvalue weighted by molar-refractivity contribution is 7.07. The summed E-state index contributed by atoms with van der Waals surface area (Å²) in [6.45, 7) is 9.51. The molecule has 4 aromatic rings. The Morgan fingerprint density at radius 3 is 2.40 bits per heavy atom. The first-order valence-corrected chi connectivity index (χ1v) is 14.0. The lowest BCUT2D eigenvalue weighted by Gasteiger charge is -2.25. The highest BCUT2D eigenvalue weighted by Gasteiger charge is 2.33. The van der Waals surface area contributed by atoms with Crippen LogP contribution in [-0.2, 0) is 9.53 Å². The molecule has 0 saturated heterocycles. The number of nitrogens with zero attached hydrogens (tertiary/aromatic N) is 2. The van der Waals surface area contributed by atoms with E-state index in [9.17, 15) is 14.4 Å². The molecule has 1 atom stereocenters. The highest BCUT2D eigenvalue weighted by Crippen LogP contribution is 2.31. The predicted molar refractivity (Wildman–Crippen MR) is 155 cm³/mol. The smallest absolute Gasteiger partial charge is 0.338 e. The molecule has 0 saturated carbocycles. The topological polar surface area (TPSA) is 90.9 Å². The minimum absolute atomic E-state index is 0.00224. The molecule has 1 aliphatic rings. The number of esters is 1. The quantitative estimate of drug-likeness (QED) is 0.226. The maximum absolute atomic E-state index is 13.8. The van der Waals surface area contributed by atoms with E-state index in [1.165, 1.54) is 23.8 Å². The van der Waals surface area contributed by atoms with Crippen LogP contribution < -0.4 is 14.9 Å². The van der Waals surface area contributed by atoms with Crippen LogP contribution in [0.1, 0.15) is 73.8 Å². The molecule has 0 spiro atoms. The summed E-state index contributed by atoms with van der Waals surface area (Å²) in [7, 11) is 0. The van der Waals surface area contributed by atoms with E-state index in [0.717, 1.165) is 11.1 Å². The standard InChI is InChI=1S/C32H30N2O5S/c1-6-38-31(37)28-19(4)33-32-34(29(28)24-13-7-21(8-14-24)18(2)3)30(36)27(40-32)17-25-15-16-26(39-25)23-11-9-22(10-12-23)20(5)35/h7-18,29H,6H2,1-5H3/b27-17-. The molecule has 0 radical (unpaired) electrons. The number of fused-ring (bicyclic) bond motifs is 1. The second kappa shape index (κ2) is 11.1. The third kappa shape index (κ3) is 5.14. The number of carbonyl (C=O) groups is 2. The van der Waals surface area contributed by atoms with Gasteiger partial charge in [0.1, 0.15) is 11.5 Å². The molecule has 8 heteroatoms. The molecule has 7 nitrogen and oxygen atoms in total. The number of ether oxygens (including phenoxy) is 1. The minimum atomic E-state index is -0.661. The Labute approximate surface area is 235 Å². The molecule has 1 unspecified atom stereocenters. The molecule has 3 heterocycles. The summed E-state index contributed by atoms with van der Waals surface area (Å²) < 4.78 is 13.4. The molecule has 0 fully saturated rings. The summed E-state index contributed by atoms with van der Waals surface area (Å²) in [6.07, 6.45) is 1.69. The summed E-state index contributed by atoms with van der Waals surface area (Å²) in [6, 6.07) is 18.1. The normalized spacial score (nSPS) is 15.2. The summed E-state index contributed by atoms with van der Waals surface area (Å²) in [5, 5.41) is 0. The van der Waals surface area contributed by atoms with Crippen molar-refractivity contribution in [3.8, 4) is 11.3 Å². The van der Waals surface area contributed by atoms with Gasteiger partial charge in [-0.1, -0.05) is 73.7 Å². The number of Topliss-reactive ketones (excluding diaryl/α,β-unsaturated/α-hetero) is 1. The van der Waals surface area contributed by atoms with E-state index in [-0.39, 0.29) is 17.9 Å². The molecule has 0 bridgehead atoms. The molecular formula is C32H30N2O5S. The van der Waals surface area contributed by atoms with Gasteiger partial charge in [0, 0.05) is 17.2 Å². The highest BCUT2D eigenvalue weighted by atomic mass is 32.1. The molecule has 2 aromatic heterocycles. The number of hydrogen-bond acceptors (Lipinski definition) is 7. The van der Waals surface area contributed by atoms with Crippen LogP contribution in [-0.4, -0.2) is 22.9 Å². The van der Waals surface area contributed by atoms with Gasteiger partial charge in [-0.3, -0.25) is 14.2 Å². The molecule has 40 heavy (non-hydrogen) atoms. The maximum Gasteiger partial charge on any atom is 0.338 e. The first kappa shape index (κ1) is 27.3. The molecule has 0 aliphatic carbocycles. The molecule has 1 aliphatic heterocycles. The van der Waals surface area contributed by atoms with Gasteiger partial charge in [0.2, 0.25) is 0 Å². The third-order valence-electron chi connectivity index (χ3n) is 6.91. The van der Waals surface area contributed by atoms with E-state index < -0.39 is 12.0 Å². The van der Waals surface area contributed by atoms with Crippen LogP contribution in [0.15, 0.2) is 86.1 Å². The summed E-state index contributed by atoms with van der Waals surface area (Å²) in [5.74, 6) is 0.996. The van der Waals surface area contributed by atoms with E-state index in [2.05, 4.69) is 18.8 Å². The molecule has 0 amide bonds. The van der Waals surface area contributed by atoms with Gasteiger partial charge in [-0.05, 0) is 49.9 Å². The Hall–Kier alpha value is -4.30. The van der Waals surface area contributed by atoms with E-state index in [4.69, 9.17) is 9.15 Å². The number of rotatable bonds is 7. The number of ketones is 1. The van der Waals surface area contributed by atoms with E-state index in [1.54, 1.807) is 42.7 Å². The van der Waals surface area contributed by atoms with Crippen molar-refractivity contribution in [1.29, 1.82) is 0 Å². The number of carbonyl (C=O) groups excluding carboxylic acids is 2. The zero-order chi connectivity index (χ0) is 28.6. The SMILES string of the molecule is CCOC(=O)C1=C(C)N=c2s/c(=C\c3ccc(-c4ccc(C(C)=O)cc4)o3)c(=O)n2C1c1ccc(C(C)C)cc1.